The molecule has 4 atom stereocenters. The van der Waals surface area contributed by atoms with Gasteiger partial charge in [0.1, 0.15) is 22.7 Å². The fourth-order valence-corrected chi connectivity index (χ4v) is 10.3. The highest BCUT2D eigenvalue weighted by molar-refractivity contribution is 9.11. The first kappa shape index (κ1) is 44.3. The van der Waals surface area contributed by atoms with E-state index in [9.17, 15) is 9.59 Å². The molecule has 62 heavy (non-hydrogen) atoms. The van der Waals surface area contributed by atoms with E-state index in [1.54, 1.807) is 32.3 Å². The number of rotatable bonds is 2. The van der Waals surface area contributed by atoms with Gasteiger partial charge in [-0.15, -0.1) is 0 Å². The van der Waals surface area contributed by atoms with Gasteiger partial charge in [0, 0.05) is 64.7 Å². The second-order valence-electron chi connectivity index (χ2n) is 16.4. The number of halogens is 3. The van der Waals surface area contributed by atoms with Crippen molar-refractivity contribution in [1.29, 1.82) is 0 Å². The van der Waals surface area contributed by atoms with Gasteiger partial charge in [-0.05, 0) is 96.9 Å². The number of likely N-dealkylation sites (N-methyl/N-ethyl adjacent to an activating group) is 2. The topological polar surface area (TPSA) is 195 Å². The molecule has 0 radical (unpaired) electrons. The van der Waals surface area contributed by atoms with E-state index >= 15 is 0 Å². The van der Waals surface area contributed by atoms with Crippen LogP contribution in [0.5, 0.6) is 11.5 Å². The van der Waals surface area contributed by atoms with Crippen LogP contribution in [-0.2, 0) is 30.1 Å². The summed E-state index contributed by atoms with van der Waals surface area (Å²) < 4.78 is 26.9. The van der Waals surface area contributed by atoms with E-state index in [0.717, 1.165) is 68.0 Å². The lowest BCUT2D eigenvalue weighted by atomic mass is 9.74. The quantitative estimate of drug-likeness (QED) is 0.191. The van der Waals surface area contributed by atoms with Crippen LogP contribution in [0.15, 0.2) is 108 Å². The van der Waals surface area contributed by atoms with E-state index in [1.807, 2.05) is 60.7 Å². The Kier molecular flexibility index (Phi) is 12.4. The highest BCUT2D eigenvalue weighted by atomic mass is 79.9. The number of carbonyl (C=O) groups is 2. The Morgan fingerprint density at radius 2 is 1.13 bits per heavy atom. The molecule has 2 saturated heterocycles. The van der Waals surface area contributed by atoms with Gasteiger partial charge in [0.25, 0.3) is 11.8 Å². The van der Waals surface area contributed by atoms with Gasteiger partial charge in [-0.1, -0.05) is 78.1 Å². The summed E-state index contributed by atoms with van der Waals surface area (Å²) in [6.45, 7) is 2.36. The Labute approximate surface area is 385 Å². The molecule has 14 nitrogen and oxygen atoms in total. The standard InChI is InChI=1S/C22H22BrN3O3.C16H18BrN3O3.C6H6BBrO2/c1-26-19(27)22(25-20(26)24)12-21(8-3-9-28-13-21)29-18-7-6-15(11-17(18)22)14-4-2-5-16(23)10-14;1-20-13(21)16(19-14(20)18)8-15(5-2-6-22-9-15)23-12-4-3-10(17)7-11(12)16;8-6-3-1-2-5(4-6)7(9)10/h2,4-7,10-11H,3,8-9,12-13H2,1H3,(H2,24,25);3-4,7H,2,5-6,8-9H2,1H3,(H2,18,19);1-4,9-10H. The number of nitrogens with two attached hydrogens (primary N) is 2. The third-order valence-electron chi connectivity index (χ3n) is 12.1. The van der Waals surface area contributed by atoms with Gasteiger partial charge in [-0.3, -0.25) is 19.4 Å². The summed E-state index contributed by atoms with van der Waals surface area (Å²) in [6.07, 6.45) is 4.35. The van der Waals surface area contributed by atoms with E-state index < -0.39 is 29.4 Å². The van der Waals surface area contributed by atoms with E-state index in [1.165, 1.54) is 9.80 Å². The third kappa shape index (κ3) is 8.30. The summed E-state index contributed by atoms with van der Waals surface area (Å²) in [7, 11) is 1.96. The van der Waals surface area contributed by atoms with Crippen molar-refractivity contribution in [2.24, 2.45) is 21.5 Å². The number of carbonyl (C=O) groups excluding carboxylic acids is 2. The van der Waals surface area contributed by atoms with Crippen molar-refractivity contribution in [2.45, 2.75) is 60.8 Å². The van der Waals surface area contributed by atoms with Crippen molar-refractivity contribution in [3.63, 3.8) is 0 Å². The molecule has 0 bridgehead atoms. The van der Waals surface area contributed by atoms with Gasteiger partial charge < -0.3 is 40.5 Å². The smallest absolute Gasteiger partial charge is 0.484 e. The lowest BCUT2D eigenvalue weighted by Gasteiger charge is -2.46. The van der Waals surface area contributed by atoms with Gasteiger partial charge in [0.05, 0.1) is 13.2 Å². The lowest BCUT2D eigenvalue weighted by molar-refractivity contribution is -0.139. The Balaban J connectivity index is 0.000000143. The maximum atomic E-state index is 13.4. The first-order chi connectivity index (χ1) is 29.6. The first-order valence-electron chi connectivity index (χ1n) is 20.2. The zero-order valence-corrected chi connectivity index (χ0v) is 38.9. The van der Waals surface area contributed by atoms with E-state index in [4.69, 9.17) is 45.5 Å². The zero-order valence-electron chi connectivity index (χ0n) is 34.2. The van der Waals surface area contributed by atoms with Crippen LogP contribution >= 0.6 is 47.8 Å². The van der Waals surface area contributed by atoms with Crippen LogP contribution in [0.4, 0.5) is 0 Å². The molecule has 18 heteroatoms. The summed E-state index contributed by atoms with van der Waals surface area (Å²) >= 11 is 10.2. The summed E-state index contributed by atoms with van der Waals surface area (Å²) in [6, 6.07) is 26.6. The fourth-order valence-electron chi connectivity index (χ4n) is 9.11. The molecule has 6 aliphatic heterocycles. The van der Waals surface area contributed by atoms with E-state index in [0.29, 0.717) is 49.6 Å². The van der Waals surface area contributed by atoms with Crippen LogP contribution in [0.1, 0.15) is 49.7 Å². The molecule has 2 fully saturated rings. The van der Waals surface area contributed by atoms with Crippen LogP contribution in [0.25, 0.3) is 11.1 Å². The van der Waals surface area contributed by atoms with Crippen molar-refractivity contribution in [1.82, 2.24) is 9.80 Å². The van der Waals surface area contributed by atoms with Gasteiger partial charge in [-0.2, -0.15) is 0 Å². The molecule has 4 unspecified atom stereocenters. The largest absolute Gasteiger partial charge is 0.488 e. The number of hydrogen-bond donors (Lipinski definition) is 4. The minimum atomic E-state index is -1.38. The molecule has 10 rings (SSSR count). The van der Waals surface area contributed by atoms with Crippen molar-refractivity contribution >= 4 is 84.1 Å². The number of nitrogens with zero attached hydrogens (tertiary/aromatic N) is 4. The van der Waals surface area contributed by atoms with Crippen LogP contribution in [0.2, 0.25) is 0 Å². The summed E-state index contributed by atoms with van der Waals surface area (Å²) in [5, 5.41) is 17.4. The highest BCUT2D eigenvalue weighted by Gasteiger charge is 2.60. The minimum absolute atomic E-state index is 0.109. The monoisotopic (exact) mass is 1030 g/mol. The Morgan fingerprint density at radius 3 is 1.58 bits per heavy atom. The molecule has 6 heterocycles. The normalized spacial score (nSPS) is 27.0. The number of hydrogen-bond acceptors (Lipinski definition) is 12. The van der Waals surface area contributed by atoms with Crippen molar-refractivity contribution in [3.05, 3.63) is 109 Å². The summed E-state index contributed by atoms with van der Waals surface area (Å²) in [5.41, 5.74) is 13.0. The Hall–Kier alpha value is -4.30. The number of ether oxygens (including phenoxy) is 4. The molecule has 0 aliphatic carbocycles. The maximum Gasteiger partial charge on any atom is 0.488 e. The van der Waals surface area contributed by atoms with Crippen LogP contribution < -0.4 is 26.4 Å². The molecular weight excluding hydrogens is 991 g/mol. The van der Waals surface area contributed by atoms with Gasteiger partial charge in [0.15, 0.2) is 23.0 Å². The summed E-state index contributed by atoms with van der Waals surface area (Å²) in [5.74, 6) is 1.63. The molecule has 6 aliphatic rings. The average molecular weight is 1040 g/mol. The second kappa shape index (κ2) is 17.4. The zero-order chi connectivity index (χ0) is 44.0. The molecule has 4 spiro atoms. The van der Waals surface area contributed by atoms with Crippen molar-refractivity contribution in [2.75, 3.05) is 40.5 Å². The molecule has 6 N–H and O–H groups in total. The third-order valence-corrected chi connectivity index (χ3v) is 13.6. The maximum absolute atomic E-state index is 13.4. The molecule has 0 saturated carbocycles. The molecule has 324 valence electrons. The predicted octanol–water partition coefficient (Wildman–Crippen LogP) is 5.32. The second-order valence-corrected chi connectivity index (χ2v) is 19.2. The molecule has 0 aromatic heterocycles. The minimum Gasteiger partial charge on any atom is -0.484 e. The molecule has 4 aromatic rings. The number of guanidine groups is 2. The SMILES string of the molecule is CN1C(=O)C2(CC3(CCCOC3)Oc3ccc(-c4cccc(Br)c4)cc32)N=C1N.CN1C(=O)C2(CC3(CCCOC3)Oc3ccc(Br)cc32)N=C1N.OB(O)c1cccc(Br)c1. The van der Waals surface area contributed by atoms with Crippen molar-refractivity contribution < 1.29 is 38.6 Å². The molecule has 2 amide bonds. The van der Waals surface area contributed by atoms with Gasteiger partial charge in [0.2, 0.25) is 0 Å². The van der Waals surface area contributed by atoms with Crippen LogP contribution in [0.3, 0.4) is 0 Å². The summed E-state index contributed by atoms with van der Waals surface area (Å²) in [4.78, 5) is 38.6. The highest BCUT2D eigenvalue weighted by Crippen LogP contribution is 2.53. The van der Waals surface area contributed by atoms with Crippen LogP contribution in [-0.4, -0.2) is 102 Å². The van der Waals surface area contributed by atoms with Gasteiger partial charge >= 0.3 is 7.12 Å². The van der Waals surface area contributed by atoms with E-state index in [2.05, 4.69) is 58.8 Å². The number of aliphatic imine (C=N–C) groups is 2. The van der Waals surface area contributed by atoms with Gasteiger partial charge in [-0.25, -0.2) is 9.98 Å². The average Bonchev–Trinajstić information content (AvgIpc) is 3.59. The van der Waals surface area contributed by atoms with Crippen molar-refractivity contribution in [3.8, 4) is 22.6 Å². The lowest BCUT2D eigenvalue weighted by Crippen LogP contribution is -2.55. The number of amides is 2. The predicted molar refractivity (Wildman–Crippen MR) is 246 cm³/mol. The molecular formula is C44H46BBr3N6O8. The Bertz CT molecular complexity index is 2460. The number of fused-ring (bicyclic) bond motifs is 4. The van der Waals surface area contributed by atoms with Crippen LogP contribution in [0, 0.1) is 0 Å². The number of benzene rings is 4. The first-order valence-corrected chi connectivity index (χ1v) is 22.6. The Morgan fingerprint density at radius 1 is 0.645 bits per heavy atom. The van der Waals surface area contributed by atoms with E-state index in [-0.39, 0.29) is 23.7 Å². The molecule has 4 aromatic carbocycles. The fraction of sp³-hybridized carbons (Fsp3) is 0.364.